The average Bonchev–Trinajstić information content (AvgIpc) is 2.33. The molecular weight excluding hydrogens is 254 g/mol. The Morgan fingerprint density at radius 1 is 1.44 bits per heavy atom. The topological polar surface area (TPSA) is 88.2 Å². The molecule has 1 heterocycles. The Kier molecular flexibility index (Phi) is 5.08. The second kappa shape index (κ2) is 6.34. The quantitative estimate of drug-likeness (QED) is 0.726. The molecule has 7 heteroatoms. The largest absolute Gasteiger partial charge is 0.388 e. The molecule has 100 valence electrons. The number of carbonyl (C=O) groups excluding carboxylic acids is 1. The highest BCUT2D eigenvalue weighted by atomic mass is 32.2. The van der Waals surface area contributed by atoms with Gasteiger partial charge in [0.2, 0.25) is 0 Å². The predicted octanol–water partition coefficient (Wildman–Crippen LogP) is 0.288. The first-order valence-electron chi connectivity index (χ1n) is 5.52. The van der Waals surface area contributed by atoms with Crippen LogP contribution in [-0.2, 0) is 9.84 Å². The van der Waals surface area contributed by atoms with E-state index in [1.54, 1.807) is 19.2 Å². The lowest BCUT2D eigenvalue weighted by molar-refractivity contribution is 0.0949. The minimum Gasteiger partial charge on any atom is -0.388 e. The van der Waals surface area contributed by atoms with Crippen LogP contribution in [-0.4, -0.2) is 44.9 Å². The minimum absolute atomic E-state index is 0.0667. The van der Waals surface area contributed by atoms with Crippen molar-refractivity contribution < 1.29 is 13.2 Å². The van der Waals surface area contributed by atoms with E-state index >= 15 is 0 Å². The lowest BCUT2D eigenvalue weighted by Gasteiger charge is -2.05. The maximum absolute atomic E-state index is 11.7. The average molecular weight is 271 g/mol. The summed E-state index contributed by atoms with van der Waals surface area (Å²) in [6.45, 7) is 0.317. The highest BCUT2D eigenvalue weighted by molar-refractivity contribution is 7.90. The molecule has 1 rings (SSSR count). The zero-order valence-electron chi connectivity index (χ0n) is 10.4. The summed E-state index contributed by atoms with van der Waals surface area (Å²) in [6, 6.07) is 3.38. The van der Waals surface area contributed by atoms with Crippen LogP contribution in [0.2, 0.25) is 0 Å². The number of hydrogen-bond donors (Lipinski definition) is 2. The molecule has 0 aliphatic heterocycles. The maximum atomic E-state index is 11.7. The normalized spacial score (nSPS) is 11.0. The van der Waals surface area contributed by atoms with Gasteiger partial charge in [0.05, 0.1) is 5.75 Å². The first kappa shape index (κ1) is 14.4. The Balaban J connectivity index is 2.45. The molecule has 0 radical (unpaired) electrons. The number of carbonyl (C=O) groups is 1. The Labute approximate surface area is 107 Å². The van der Waals surface area contributed by atoms with Gasteiger partial charge in [0.1, 0.15) is 15.5 Å². The number of aromatic nitrogens is 1. The Morgan fingerprint density at radius 3 is 2.78 bits per heavy atom. The smallest absolute Gasteiger partial charge is 0.269 e. The third-order valence-corrected chi connectivity index (χ3v) is 3.29. The lowest BCUT2D eigenvalue weighted by atomic mass is 10.3. The number of rotatable bonds is 6. The van der Waals surface area contributed by atoms with Gasteiger partial charge in [-0.15, -0.1) is 0 Å². The standard InChI is InChI=1S/C11H17N3O3S/c1-12-9-4-6-13-10(8-9)11(15)14-5-3-7-18(2,16)17/h4,6,8H,3,5,7H2,1-2H3,(H,12,13)(H,14,15). The molecule has 6 nitrogen and oxygen atoms in total. The fourth-order valence-electron chi connectivity index (χ4n) is 1.34. The van der Waals surface area contributed by atoms with Crippen LogP contribution in [0.5, 0.6) is 0 Å². The second-order valence-electron chi connectivity index (χ2n) is 3.92. The molecule has 0 bridgehead atoms. The van der Waals surface area contributed by atoms with E-state index in [0.717, 1.165) is 5.69 Å². The van der Waals surface area contributed by atoms with E-state index in [9.17, 15) is 13.2 Å². The fourth-order valence-corrected chi connectivity index (χ4v) is 2.01. The van der Waals surface area contributed by atoms with Crippen molar-refractivity contribution in [3.63, 3.8) is 0 Å². The Hall–Kier alpha value is -1.63. The molecule has 0 atom stereocenters. The first-order valence-corrected chi connectivity index (χ1v) is 7.58. The predicted molar refractivity (Wildman–Crippen MR) is 70.4 cm³/mol. The summed E-state index contributed by atoms with van der Waals surface area (Å²) >= 11 is 0. The van der Waals surface area contributed by atoms with Gasteiger partial charge in [0, 0.05) is 31.7 Å². The molecule has 1 aromatic heterocycles. The van der Waals surface area contributed by atoms with Gasteiger partial charge in [-0.2, -0.15) is 0 Å². The summed E-state index contributed by atoms with van der Waals surface area (Å²) in [5.74, 6) is -0.238. The van der Waals surface area contributed by atoms with Crippen molar-refractivity contribution >= 4 is 21.4 Å². The summed E-state index contributed by atoms with van der Waals surface area (Å²) in [5, 5.41) is 5.54. The van der Waals surface area contributed by atoms with Crippen LogP contribution in [0.3, 0.4) is 0 Å². The van der Waals surface area contributed by atoms with Gasteiger partial charge in [-0.25, -0.2) is 8.42 Å². The lowest BCUT2D eigenvalue weighted by Crippen LogP contribution is -2.26. The molecule has 0 aromatic carbocycles. The van der Waals surface area contributed by atoms with E-state index in [4.69, 9.17) is 0 Å². The van der Waals surface area contributed by atoms with Crippen molar-refractivity contribution in [1.82, 2.24) is 10.3 Å². The SMILES string of the molecule is CNc1ccnc(C(=O)NCCCS(C)(=O)=O)c1. The summed E-state index contributed by atoms with van der Waals surface area (Å²) in [4.78, 5) is 15.6. The van der Waals surface area contributed by atoms with Crippen LogP contribution in [0, 0.1) is 0 Å². The van der Waals surface area contributed by atoms with E-state index in [0.29, 0.717) is 18.7 Å². The molecular formula is C11H17N3O3S. The number of sulfone groups is 1. The van der Waals surface area contributed by atoms with Gasteiger partial charge < -0.3 is 10.6 Å². The number of amides is 1. The van der Waals surface area contributed by atoms with E-state index in [2.05, 4.69) is 15.6 Å². The Bertz CT molecular complexity index is 514. The molecule has 1 amide bonds. The van der Waals surface area contributed by atoms with Crippen molar-refractivity contribution in [2.45, 2.75) is 6.42 Å². The Morgan fingerprint density at radius 2 is 2.17 bits per heavy atom. The van der Waals surface area contributed by atoms with Gasteiger partial charge in [0.25, 0.3) is 5.91 Å². The molecule has 0 unspecified atom stereocenters. The molecule has 1 aromatic rings. The zero-order valence-corrected chi connectivity index (χ0v) is 11.3. The number of pyridine rings is 1. The summed E-state index contributed by atoms with van der Waals surface area (Å²) < 4.78 is 21.8. The second-order valence-corrected chi connectivity index (χ2v) is 6.18. The summed E-state index contributed by atoms with van der Waals surface area (Å²) in [5.41, 5.74) is 1.10. The molecule has 0 saturated heterocycles. The van der Waals surface area contributed by atoms with Gasteiger partial charge in [0.15, 0.2) is 0 Å². The molecule has 0 spiro atoms. The molecule has 2 N–H and O–H groups in total. The van der Waals surface area contributed by atoms with Crippen LogP contribution in [0.15, 0.2) is 18.3 Å². The first-order chi connectivity index (χ1) is 8.42. The van der Waals surface area contributed by atoms with Gasteiger partial charge in [-0.05, 0) is 18.6 Å². The van der Waals surface area contributed by atoms with Crippen molar-refractivity contribution in [1.29, 1.82) is 0 Å². The number of hydrogen-bond acceptors (Lipinski definition) is 5. The summed E-state index contributed by atoms with van der Waals surface area (Å²) in [6.07, 6.45) is 3.11. The van der Waals surface area contributed by atoms with Crippen molar-refractivity contribution in [3.05, 3.63) is 24.0 Å². The van der Waals surface area contributed by atoms with E-state index in [1.165, 1.54) is 12.5 Å². The number of nitrogens with zero attached hydrogens (tertiary/aromatic N) is 1. The molecule has 0 aliphatic carbocycles. The van der Waals surface area contributed by atoms with Crippen LogP contribution in [0.25, 0.3) is 0 Å². The number of anilines is 1. The highest BCUT2D eigenvalue weighted by Gasteiger charge is 2.07. The minimum atomic E-state index is -2.97. The van der Waals surface area contributed by atoms with Crippen molar-refractivity contribution in [2.24, 2.45) is 0 Å². The molecule has 18 heavy (non-hydrogen) atoms. The van der Waals surface area contributed by atoms with Crippen molar-refractivity contribution in [3.8, 4) is 0 Å². The maximum Gasteiger partial charge on any atom is 0.269 e. The fraction of sp³-hybridized carbons (Fsp3) is 0.455. The zero-order chi connectivity index (χ0) is 13.6. The van der Waals surface area contributed by atoms with Gasteiger partial charge in [-0.3, -0.25) is 9.78 Å². The molecule has 0 aliphatic rings. The third-order valence-electron chi connectivity index (χ3n) is 2.26. The van der Waals surface area contributed by atoms with Crippen LogP contribution < -0.4 is 10.6 Å². The van der Waals surface area contributed by atoms with E-state index < -0.39 is 9.84 Å². The van der Waals surface area contributed by atoms with Gasteiger partial charge in [-0.1, -0.05) is 0 Å². The monoisotopic (exact) mass is 271 g/mol. The van der Waals surface area contributed by atoms with Crippen LogP contribution >= 0.6 is 0 Å². The number of nitrogens with one attached hydrogen (secondary N) is 2. The molecule has 0 fully saturated rings. The van der Waals surface area contributed by atoms with E-state index in [-0.39, 0.29) is 11.7 Å². The van der Waals surface area contributed by atoms with Crippen LogP contribution in [0.4, 0.5) is 5.69 Å². The van der Waals surface area contributed by atoms with Crippen molar-refractivity contribution in [2.75, 3.05) is 30.9 Å². The highest BCUT2D eigenvalue weighted by Crippen LogP contribution is 2.06. The third kappa shape index (κ3) is 5.13. The van der Waals surface area contributed by atoms with E-state index in [1.807, 2.05) is 0 Å². The van der Waals surface area contributed by atoms with Crippen LogP contribution in [0.1, 0.15) is 16.9 Å². The summed E-state index contributed by atoms with van der Waals surface area (Å²) in [7, 11) is -1.22. The van der Waals surface area contributed by atoms with Gasteiger partial charge >= 0.3 is 0 Å². The molecule has 0 saturated carbocycles.